The van der Waals surface area contributed by atoms with Crippen molar-refractivity contribution in [2.45, 2.75) is 6.92 Å². The molecule has 3 nitrogen and oxygen atoms in total. The van der Waals surface area contributed by atoms with E-state index in [-0.39, 0.29) is 5.91 Å². The van der Waals surface area contributed by atoms with E-state index in [4.69, 9.17) is 4.74 Å². The molecule has 5 heteroatoms. The number of halogens is 1. The second-order valence-corrected chi connectivity index (χ2v) is 5.53. The number of hydrogen-bond acceptors (Lipinski definition) is 3. The maximum absolute atomic E-state index is 12.1. The van der Waals surface area contributed by atoms with Gasteiger partial charge in [0, 0.05) is 4.47 Å². The molecule has 0 aliphatic heterocycles. The van der Waals surface area contributed by atoms with E-state index < -0.39 is 0 Å². The smallest absolute Gasteiger partial charge is 0.269 e. The van der Waals surface area contributed by atoms with Gasteiger partial charge in [0.05, 0.1) is 12.8 Å². The number of carbonyl (C=O) groups is 1. The Morgan fingerprint density at radius 3 is 2.83 bits per heavy atom. The third-order valence-corrected chi connectivity index (χ3v) is 3.98. The van der Waals surface area contributed by atoms with Gasteiger partial charge in [0.2, 0.25) is 0 Å². The lowest BCUT2D eigenvalue weighted by Gasteiger charge is -2.08. The highest BCUT2D eigenvalue weighted by molar-refractivity contribution is 9.10. The summed E-state index contributed by atoms with van der Waals surface area (Å²) in [5.74, 6) is 0.437. The maximum atomic E-state index is 12.1. The van der Waals surface area contributed by atoms with E-state index in [2.05, 4.69) is 21.2 Å². The van der Waals surface area contributed by atoms with Crippen molar-refractivity contribution in [3.63, 3.8) is 0 Å². The fourth-order valence-corrected chi connectivity index (χ4v) is 2.87. The van der Waals surface area contributed by atoms with E-state index in [1.807, 2.05) is 30.5 Å². The molecule has 0 aliphatic rings. The predicted molar refractivity (Wildman–Crippen MR) is 77.7 cm³/mol. The number of anilines is 1. The van der Waals surface area contributed by atoms with E-state index in [1.165, 1.54) is 11.3 Å². The van der Waals surface area contributed by atoms with Gasteiger partial charge in [-0.05, 0) is 52.0 Å². The van der Waals surface area contributed by atoms with Crippen molar-refractivity contribution in [3.8, 4) is 5.75 Å². The number of benzene rings is 1. The number of rotatable bonds is 3. The van der Waals surface area contributed by atoms with Gasteiger partial charge in [-0.1, -0.05) is 6.07 Å². The van der Waals surface area contributed by atoms with E-state index in [9.17, 15) is 4.79 Å². The van der Waals surface area contributed by atoms with Crippen LogP contribution < -0.4 is 10.1 Å². The Bertz CT molecular complexity index is 580. The van der Waals surface area contributed by atoms with Crippen molar-refractivity contribution in [2.75, 3.05) is 12.4 Å². The van der Waals surface area contributed by atoms with Crippen molar-refractivity contribution >= 4 is 38.9 Å². The first kappa shape index (κ1) is 13.1. The minimum absolute atomic E-state index is 0.161. The highest BCUT2D eigenvalue weighted by Crippen LogP contribution is 2.28. The largest absolute Gasteiger partial charge is 0.495 e. The van der Waals surface area contributed by atoms with Crippen LogP contribution in [0.15, 0.2) is 34.1 Å². The van der Waals surface area contributed by atoms with Crippen LogP contribution in [-0.2, 0) is 0 Å². The molecule has 94 valence electrons. The summed E-state index contributed by atoms with van der Waals surface area (Å²) in [5, 5.41) is 4.69. The average Bonchev–Trinajstić information content (AvgIpc) is 2.81. The topological polar surface area (TPSA) is 38.3 Å². The predicted octanol–water partition coefficient (Wildman–Crippen LogP) is 4.08. The van der Waals surface area contributed by atoms with Crippen molar-refractivity contribution in [1.82, 2.24) is 0 Å². The van der Waals surface area contributed by atoms with Crippen molar-refractivity contribution in [2.24, 2.45) is 0 Å². The summed E-state index contributed by atoms with van der Waals surface area (Å²) in [6.07, 6.45) is 0. The normalized spacial score (nSPS) is 10.2. The van der Waals surface area contributed by atoms with Crippen LogP contribution in [0.4, 0.5) is 5.69 Å². The molecule has 0 fully saturated rings. The van der Waals surface area contributed by atoms with Gasteiger partial charge in [-0.15, -0.1) is 11.3 Å². The Hall–Kier alpha value is -1.33. The number of nitrogens with one attached hydrogen (secondary N) is 1. The molecule has 2 rings (SSSR count). The minimum atomic E-state index is -0.161. The molecule has 0 bridgehead atoms. The first-order valence-electron chi connectivity index (χ1n) is 5.31. The average molecular weight is 326 g/mol. The number of hydrogen-bond donors (Lipinski definition) is 1. The van der Waals surface area contributed by atoms with Gasteiger partial charge < -0.3 is 10.1 Å². The Morgan fingerprint density at radius 1 is 1.39 bits per heavy atom. The molecule has 0 saturated heterocycles. The van der Waals surface area contributed by atoms with Crippen LogP contribution in [0.5, 0.6) is 5.75 Å². The van der Waals surface area contributed by atoms with Crippen LogP contribution in [0, 0.1) is 6.92 Å². The molecule has 1 N–H and O–H groups in total. The number of carbonyl (C=O) groups excluding carboxylic acids is 1. The second kappa shape index (κ2) is 5.54. The quantitative estimate of drug-likeness (QED) is 0.923. The van der Waals surface area contributed by atoms with Gasteiger partial charge >= 0.3 is 0 Å². The monoisotopic (exact) mass is 325 g/mol. The molecule has 0 unspecified atom stereocenters. The fourth-order valence-electron chi connectivity index (χ4n) is 1.52. The van der Waals surface area contributed by atoms with Gasteiger partial charge in [-0.25, -0.2) is 0 Å². The number of ether oxygens (including phenoxy) is 1. The summed E-state index contributed by atoms with van der Waals surface area (Å²) >= 11 is 4.79. The van der Waals surface area contributed by atoms with Gasteiger partial charge in [0.15, 0.2) is 0 Å². The number of aryl methyl sites for hydroxylation is 1. The molecule has 2 aromatic rings. The zero-order chi connectivity index (χ0) is 13.1. The van der Waals surface area contributed by atoms with Crippen LogP contribution in [0.3, 0.4) is 0 Å². The van der Waals surface area contributed by atoms with Crippen LogP contribution in [-0.4, -0.2) is 13.0 Å². The van der Waals surface area contributed by atoms with Crippen LogP contribution in [0.2, 0.25) is 0 Å². The Labute approximate surface area is 118 Å². The van der Waals surface area contributed by atoms with Gasteiger partial charge in [0.1, 0.15) is 10.6 Å². The van der Waals surface area contributed by atoms with E-state index in [0.29, 0.717) is 10.6 Å². The molecule has 18 heavy (non-hydrogen) atoms. The van der Waals surface area contributed by atoms with Gasteiger partial charge in [-0.3, -0.25) is 4.79 Å². The van der Waals surface area contributed by atoms with Crippen molar-refractivity contribution in [1.29, 1.82) is 0 Å². The molecule has 0 saturated carbocycles. The summed E-state index contributed by atoms with van der Waals surface area (Å²) in [5.41, 5.74) is 1.88. The lowest BCUT2D eigenvalue weighted by molar-refractivity contribution is 0.102. The summed E-state index contributed by atoms with van der Waals surface area (Å²) < 4.78 is 6.00. The van der Waals surface area contributed by atoms with Crippen LogP contribution in [0.25, 0.3) is 0 Å². The van der Waals surface area contributed by atoms with E-state index in [1.54, 1.807) is 13.2 Å². The fraction of sp³-hybridized carbons (Fsp3) is 0.154. The van der Waals surface area contributed by atoms with Crippen molar-refractivity contribution < 1.29 is 9.53 Å². The van der Waals surface area contributed by atoms with Crippen molar-refractivity contribution in [3.05, 3.63) is 44.6 Å². The first-order chi connectivity index (χ1) is 8.61. The van der Waals surface area contributed by atoms with E-state index >= 15 is 0 Å². The summed E-state index contributed by atoms with van der Waals surface area (Å²) in [6, 6.07) is 7.56. The van der Waals surface area contributed by atoms with E-state index in [0.717, 1.165) is 15.7 Å². The maximum Gasteiger partial charge on any atom is 0.269 e. The molecule has 0 spiro atoms. The van der Waals surface area contributed by atoms with Crippen LogP contribution >= 0.6 is 27.3 Å². The molecular formula is C13H12BrNO2S. The molecule has 1 heterocycles. The second-order valence-electron chi connectivity index (χ2n) is 3.76. The molecule has 0 radical (unpaired) electrons. The zero-order valence-electron chi connectivity index (χ0n) is 9.99. The Morgan fingerprint density at radius 2 is 2.17 bits per heavy atom. The first-order valence-corrected chi connectivity index (χ1v) is 6.98. The molecule has 1 aromatic heterocycles. The number of methoxy groups -OCH3 is 1. The molecular weight excluding hydrogens is 314 g/mol. The molecule has 1 amide bonds. The van der Waals surface area contributed by atoms with Gasteiger partial charge in [0.25, 0.3) is 5.91 Å². The Kier molecular flexibility index (Phi) is 4.04. The lowest BCUT2D eigenvalue weighted by atomic mass is 10.2. The minimum Gasteiger partial charge on any atom is -0.495 e. The van der Waals surface area contributed by atoms with Gasteiger partial charge in [-0.2, -0.15) is 0 Å². The molecule has 0 atom stereocenters. The highest BCUT2D eigenvalue weighted by atomic mass is 79.9. The molecule has 0 aliphatic carbocycles. The summed E-state index contributed by atoms with van der Waals surface area (Å²) in [4.78, 5) is 12.7. The highest BCUT2D eigenvalue weighted by Gasteiger charge is 2.14. The summed E-state index contributed by atoms with van der Waals surface area (Å²) in [6.45, 7) is 2.00. The van der Waals surface area contributed by atoms with Crippen LogP contribution in [0.1, 0.15) is 15.2 Å². The number of thiophene rings is 1. The Balaban J connectivity index is 2.21. The third-order valence-electron chi connectivity index (χ3n) is 2.43. The molecule has 1 aromatic carbocycles. The third kappa shape index (κ3) is 2.73. The standard InChI is InChI=1S/C13H12BrNO2S/c1-8-3-4-10(9(14)7-8)15-13(16)12-11(17-2)5-6-18-12/h3-7H,1-2H3,(H,15,16). The number of amides is 1. The lowest BCUT2D eigenvalue weighted by Crippen LogP contribution is -2.11. The SMILES string of the molecule is COc1ccsc1C(=O)Nc1ccc(C)cc1Br. The zero-order valence-corrected chi connectivity index (χ0v) is 12.4. The summed E-state index contributed by atoms with van der Waals surface area (Å²) in [7, 11) is 1.56.